The van der Waals surface area contributed by atoms with E-state index >= 15 is 0 Å². The Balaban J connectivity index is 1.65. The van der Waals surface area contributed by atoms with Gasteiger partial charge in [-0.25, -0.2) is 4.99 Å². The first kappa shape index (κ1) is 16.8. The fourth-order valence-electron chi connectivity index (χ4n) is 3.03. The molecule has 0 fully saturated rings. The smallest absolute Gasteiger partial charge is 0.191 e. The van der Waals surface area contributed by atoms with E-state index in [0.717, 1.165) is 25.6 Å². The Morgan fingerprint density at radius 2 is 2.21 bits per heavy atom. The molecule has 3 rings (SSSR count). The summed E-state index contributed by atoms with van der Waals surface area (Å²) in [7, 11) is 2.17. The molecule has 0 saturated carbocycles. The third-order valence-electron chi connectivity index (χ3n) is 4.27. The molecule has 2 heterocycles. The highest BCUT2D eigenvalue weighted by atomic mass is 32.1. The molecule has 0 amide bonds. The normalized spacial score (nSPS) is 14.4. The number of benzene rings is 1. The molecule has 1 aromatic heterocycles. The molecular weight excluding hydrogens is 316 g/mol. The van der Waals surface area contributed by atoms with Crippen LogP contribution in [-0.4, -0.2) is 26.1 Å². The lowest BCUT2D eigenvalue weighted by atomic mass is 10.00. The predicted molar refractivity (Wildman–Crippen MR) is 104 cm³/mol. The summed E-state index contributed by atoms with van der Waals surface area (Å²) in [6.45, 7) is 5.64. The number of thiophene rings is 1. The minimum atomic E-state index is 0.705. The van der Waals surface area contributed by atoms with Gasteiger partial charge in [-0.2, -0.15) is 0 Å². The van der Waals surface area contributed by atoms with E-state index in [1.807, 2.05) is 0 Å². The van der Waals surface area contributed by atoms with Crippen LogP contribution in [0.1, 0.15) is 29.3 Å². The van der Waals surface area contributed by atoms with Crippen molar-refractivity contribution in [3.63, 3.8) is 0 Å². The van der Waals surface area contributed by atoms with Crippen LogP contribution in [0, 0.1) is 0 Å². The standard InChI is InChI=1S/C19H26N4S/c1-3-20-19(22-14-17-7-5-11-24-17)21-13-15-8-9-18-16(12-15)6-4-10-23(18)2/h5,7-9,11-12H,3-4,6,10,13-14H2,1-2H3,(H2,20,21,22). The molecule has 0 bridgehead atoms. The van der Waals surface area contributed by atoms with Crippen molar-refractivity contribution in [3.8, 4) is 0 Å². The van der Waals surface area contributed by atoms with Gasteiger partial charge in [-0.15, -0.1) is 11.3 Å². The molecule has 0 radical (unpaired) electrons. The fourth-order valence-corrected chi connectivity index (χ4v) is 3.68. The molecule has 0 saturated heterocycles. The second-order valence-electron chi connectivity index (χ2n) is 6.12. The van der Waals surface area contributed by atoms with Gasteiger partial charge in [0.05, 0.1) is 13.1 Å². The molecule has 0 aliphatic carbocycles. The second kappa shape index (κ2) is 8.20. The average Bonchev–Trinajstić information content (AvgIpc) is 3.11. The van der Waals surface area contributed by atoms with Gasteiger partial charge in [-0.05, 0) is 48.4 Å². The number of aryl methyl sites for hydroxylation is 1. The second-order valence-corrected chi connectivity index (χ2v) is 7.15. The van der Waals surface area contributed by atoms with Crippen molar-refractivity contribution >= 4 is 23.0 Å². The average molecular weight is 343 g/mol. The SMILES string of the molecule is CCNC(=NCc1ccc2c(c1)CCCN2C)NCc1cccs1. The number of hydrogen-bond acceptors (Lipinski definition) is 3. The molecule has 24 heavy (non-hydrogen) atoms. The van der Waals surface area contributed by atoms with Gasteiger partial charge in [0.25, 0.3) is 0 Å². The molecule has 5 heteroatoms. The van der Waals surface area contributed by atoms with E-state index in [0.29, 0.717) is 6.54 Å². The van der Waals surface area contributed by atoms with E-state index in [1.54, 1.807) is 11.3 Å². The molecule has 1 aromatic carbocycles. The summed E-state index contributed by atoms with van der Waals surface area (Å²) in [5.41, 5.74) is 4.10. The van der Waals surface area contributed by atoms with Crippen molar-refractivity contribution in [1.29, 1.82) is 0 Å². The predicted octanol–water partition coefficient (Wildman–Crippen LogP) is 3.39. The van der Waals surface area contributed by atoms with E-state index in [1.165, 1.54) is 34.5 Å². The number of rotatable bonds is 5. The summed E-state index contributed by atoms with van der Waals surface area (Å²) in [4.78, 5) is 8.40. The van der Waals surface area contributed by atoms with Crippen molar-refractivity contribution < 1.29 is 0 Å². The first-order valence-corrected chi connectivity index (χ1v) is 9.51. The van der Waals surface area contributed by atoms with Crippen LogP contribution in [0.2, 0.25) is 0 Å². The highest BCUT2D eigenvalue weighted by Crippen LogP contribution is 2.26. The Morgan fingerprint density at radius 3 is 3.00 bits per heavy atom. The zero-order chi connectivity index (χ0) is 16.8. The van der Waals surface area contributed by atoms with Gasteiger partial charge in [0.15, 0.2) is 5.96 Å². The fraction of sp³-hybridized carbons (Fsp3) is 0.421. The summed E-state index contributed by atoms with van der Waals surface area (Å²) < 4.78 is 0. The van der Waals surface area contributed by atoms with Crippen LogP contribution in [-0.2, 0) is 19.5 Å². The van der Waals surface area contributed by atoms with E-state index in [4.69, 9.17) is 4.99 Å². The van der Waals surface area contributed by atoms with Crippen molar-refractivity contribution in [2.24, 2.45) is 4.99 Å². The summed E-state index contributed by atoms with van der Waals surface area (Å²) >= 11 is 1.76. The molecule has 1 aliphatic heterocycles. The minimum absolute atomic E-state index is 0.705. The van der Waals surface area contributed by atoms with Crippen LogP contribution < -0.4 is 15.5 Å². The van der Waals surface area contributed by atoms with Crippen LogP contribution in [0.3, 0.4) is 0 Å². The van der Waals surface area contributed by atoms with Gasteiger partial charge >= 0.3 is 0 Å². The zero-order valence-electron chi connectivity index (χ0n) is 14.5. The van der Waals surface area contributed by atoms with Gasteiger partial charge in [-0.1, -0.05) is 18.2 Å². The molecule has 128 valence electrons. The first-order chi connectivity index (χ1) is 11.8. The quantitative estimate of drug-likeness (QED) is 0.646. The number of nitrogens with one attached hydrogen (secondary N) is 2. The van der Waals surface area contributed by atoms with E-state index in [9.17, 15) is 0 Å². The first-order valence-electron chi connectivity index (χ1n) is 8.63. The number of guanidine groups is 1. The van der Waals surface area contributed by atoms with Crippen LogP contribution in [0.5, 0.6) is 0 Å². The van der Waals surface area contributed by atoms with Gasteiger partial charge in [-0.3, -0.25) is 0 Å². The summed E-state index contributed by atoms with van der Waals surface area (Å²) in [6.07, 6.45) is 2.41. The molecule has 1 aliphatic rings. The van der Waals surface area contributed by atoms with Crippen LogP contribution in [0.4, 0.5) is 5.69 Å². The number of fused-ring (bicyclic) bond motifs is 1. The zero-order valence-corrected chi connectivity index (χ0v) is 15.3. The summed E-state index contributed by atoms with van der Waals surface area (Å²) in [6, 6.07) is 11.0. The molecule has 0 unspecified atom stereocenters. The Hall–Kier alpha value is -2.01. The van der Waals surface area contributed by atoms with Crippen LogP contribution in [0.25, 0.3) is 0 Å². The lowest BCUT2D eigenvalue weighted by Gasteiger charge is -2.27. The lowest BCUT2D eigenvalue weighted by molar-refractivity contribution is 0.742. The largest absolute Gasteiger partial charge is 0.374 e. The maximum Gasteiger partial charge on any atom is 0.191 e. The van der Waals surface area contributed by atoms with Crippen molar-refractivity contribution in [1.82, 2.24) is 10.6 Å². The molecule has 4 nitrogen and oxygen atoms in total. The van der Waals surface area contributed by atoms with Gasteiger partial charge in [0.1, 0.15) is 0 Å². The number of hydrogen-bond donors (Lipinski definition) is 2. The van der Waals surface area contributed by atoms with Gasteiger partial charge in [0.2, 0.25) is 0 Å². The topological polar surface area (TPSA) is 39.7 Å². The Kier molecular flexibility index (Phi) is 5.75. The van der Waals surface area contributed by atoms with Crippen LogP contribution >= 0.6 is 11.3 Å². The van der Waals surface area contributed by atoms with Crippen molar-refractivity contribution in [2.45, 2.75) is 32.9 Å². The highest BCUT2D eigenvalue weighted by molar-refractivity contribution is 7.09. The van der Waals surface area contributed by atoms with Crippen molar-refractivity contribution in [3.05, 3.63) is 51.7 Å². The van der Waals surface area contributed by atoms with Crippen LogP contribution in [0.15, 0.2) is 40.7 Å². The van der Waals surface area contributed by atoms with Gasteiger partial charge < -0.3 is 15.5 Å². The molecular formula is C19H26N4S. The summed E-state index contributed by atoms with van der Waals surface area (Å²) in [5.74, 6) is 0.876. The van der Waals surface area contributed by atoms with Gasteiger partial charge in [0, 0.05) is 30.7 Å². The highest BCUT2D eigenvalue weighted by Gasteiger charge is 2.13. The third-order valence-corrected chi connectivity index (χ3v) is 5.15. The third kappa shape index (κ3) is 4.29. The number of anilines is 1. The van der Waals surface area contributed by atoms with E-state index in [2.05, 4.69) is 65.2 Å². The Morgan fingerprint density at radius 1 is 1.29 bits per heavy atom. The molecule has 0 spiro atoms. The molecule has 0 atom stereocenters. The van der Waals surface area contributed by atoms with Crippen molar-refractivity contribution in [2.75, 3.05) is 25.0 Å². The number of aliphatic imine (C=N–C) groups is 1. The summed E-state index contributed by atoms with van der Waals surface area (Å²) in [5, 5.41) is 8.83. The lowest BCUT2D eigenvalue weighted by Crippen LogP contribution is -2.36. The Bertz CT molecular complexity index is 679. The molecule has 2 N–H and O–H groups in total. The Labute approximate surface area is 148 Å². The maximum absolute atomic E-state index is 4.74. The molecule has 2 aromatic rings. The maximum atomic E-state index is 4.74. The van der Waals surface area contributed by atoms with E-state index in [-0.39, 0.29) is 0 Å². The number of nitrogens with zero attached hydrogens (tertiary/aromatic N) is 2. The van der Waals surface area contributed by atoms with E-state index < -0.39 is 0 Å². The minimum Gasteiger partial charge on any atom is -0.374 e. The monoisotopic (exact) mass is 342 g/mol.